The molecule has 0 radical (unpaired) electrons. The number of ether oxygens (including phenoxy) is 1. The van der Waals surface area contributed by atoms with E-state index in [4.69, 9.17) is 4.74 Å². The van der Waals surface area contributed by atoms with Crippen LogP contribution in [0.15, 0.2) is 12.2 Å². The molecule has 0 N–H and O–H groups in total. The minimum atomic E-state index is -0.448. The largest absolute Gasteiger partial charge is 0.379 e. The van der Waals surface area contributed by atoms with Crippen molar-refractivity contribution in [1.29, 1.82) is 0 Å². The Balaban J connectivity index is 2.20. The van der Waals surface area contributed by atoms with Gasteiger partial charge < -0.3 is 4.74 Å². The van der Waals surface area contributed by atoms with E-state index in [-0.39, 0.29) is 11.8 Å². The highest BCUT2D eigenvalue weighted by molar-refractivity contribution is 6.13. The Labute approximate surface area is 82.5 Å². The first-order valence-electron chi connectivity index (χ1n) is 4.77. The van der Waals surface area contributed by atoms with Gasteiger partial charge in [-0.3, -0.25) is 14.5 Å². The lowest BCUT2D eigenvalue weighted by molar-refractivity contribution is -0.149. The molecule has 0 spiro atoms. The molecule has 2 amide bonds. The second-order valence-electron chi connectivity index (χ2n) is 4.00. The second-order valence-corrected chi connectivity index (χ2v) is 4.00. The molecule has 2 aliphatic rings. The predicted octanol–water partition coefficient (Wildman–Crippen LogP) is 0.480. The summed E-state index contributed by atoms with van der Waals surface area (Å²) in [6.45, 7) is 3.07. The first-order valence-corrected chi connectivity index (χ1v) is 4.77. The van der Waals surface area contributed by atoms with Gasteiger partial charge in [0, 0.05) is 18.8 Å². The lowest BCUT2D eigenvalue weighted by Gasteiger charge is -2.39. The summed E-state index contributed by atoms with van der Waals surface area (Å²) >= 11 is 0. The number of carbonyl (C=O) groups excluding carboxylic acids is 2. The number of rotatable bonds is 1. The maximum absolute atomic E-state index is 11.5. The molecular formula is C10H13NO3. The number of amides is 2. The highest BCUT2D eigenvalue weighted by atomic mass is 16.5. The van der Waals surface area contributed by atoms with Gasteiger partial charge in [0.05, 0.1) is 12.1 Å². The number of hydrogen-bond donors (Lipinski definition) is 0. The normalized spacial score (nSPS) is 32.8. The third-order valence-corrected chi connectivity index (χ3v) is 2.77. The molecule has 0 aromatic carbocycles. The zero-order chi connectivity index (χ0) is 10.2. The van der Waals surface area contributed by atoms with Crippen molar-refractivity contribution in [3.8, 4) is 0 Å². The fourth-order valence-corrected chi connectivity index (χ4v) is 2.03. The van der Waals surface area contributed by atoms with Crippen molar-refractivity contribution in [3.05, 3.63) is 12.2 Å². The van der Waals surface area contributed by atoms with Gasteiger partial charge in [-0.15, -0.1) is 0 Å². The first kappa shape index (κ1) is 9.40. The van der Waals surface area contributed by atoms with Crippen LogP contribution in [0.25, 0.3) is 0 Å². The van der Waals surface area contributed by atoms with Crippen LogP contribution >= 0.6 is 0 Å². The van der Waals surface area contributed by atoms with Crippen LogP contribution in [0, 0.1) is 0 Å². The zero-order valence-corrected chi connectivity index (χ0v) is 8.16. The summed E-state index contributed by atoms with van der Waals surface area (Å²) in [6, 6.07) is 0. The lowest BCUT2D eigenvalue weighted by atomic mass is 9.93. The molecule has 4 nitrogen and oxygen atoms in total. The van der Waals surface area contributed by atoms with Crippen LogP contribution in [0.1, 0.15) is 19.8 Å². The van der Waals surface area contributed by atoms with Crippen molar-refractivity contribution >= 4 is 11.8 Å². The Morgan fingerprint density at radius 1 is 1.36 bits per heavy atom. The van der Waals surface area contributed by atoms with E-state index in [0.29, 0.717) is 6.61 Å². The maximum Gasteiger partial charge on any atom is 0.254 e. The molecule has 0 aliphatic carbocycles. The van der Waals surface area contributed by atoms with Crippen molar-refractivity contribution < 1.29 is 14.3 Å². The Kier molecular flexibility index (Phi) is 2.15. The van der Waals surface area contributed by atoms with Crippen LogP contribution in [0.3, 0.4) is 0 Å². The monoisotopic (exact) mass is 195 g/mol. The lowest BCUT2D eigenvalue weighted by Crippen LogP contribution is -2.54. The minimum Gasteiger partial charge on any atom is -0.379 e. The second kappa shape index (κ2) is 3.20. The Morgan fingerprint density at radius 3 is 2.50 bits per heavy atom. The molecule has 0 saturated carbocycles. The minimum absolute atomic E-state index is 0.219. The summed E-state index contributed by atoms with van der Waals surface area (Å²) in [5.41, 5.74) is -0.448. The van der Waals surface area contributed by atoms with Crippen LogP contribution < -0.4 is 0 Å². The third kappa shape index (κ3) is 1.35. The SMILES string of the molecule is CC1(N2C(=O)C=CC2=O)CCCOC1. The molecule has 4 heteroatoms. The van der Waals surface area contributed by atoms with E-state index in [1.807, 2.05) is 6.92 Å². The molecule has 2 aliphatic heterocycles. The van der Waals surface area contributed by atoms with Gasteiger partial charge in [0.15, 0.2) is 0 Å². The van der Waals surface area contributed by atoms with Crippen molar-refractivity contribution in [2.24, 2.45) is 0 Å². The summed E-state index contributed by atoms with van der Waals surface area (Å²) in [6.07, 6.45) is 4.37. The molecule has 1 unspecified atom stereocenters. The van der Waals surface area contributed by atoms with E-state index in [0.717, 1.165) is 19.4 Å². The van der Waals surface area contributed by atoms with Crippen LogP contribution in [0.5, 0.6) is 0 Å². The maximum atomic E-state index is 11.5. The van der Waals surface area contributed by atoms with E-state index < -0.39 is 5.54 Å². The summed E-state index contributed by atoms with van der Waals surface area (Å²) in [5.74, 6) is -0.439. The topological polar surface area (TPSA) is 46.6 Å². The molecule has 2 rings (SSSR count). The number of nitrogens with zero attached hydrogens (tertiary/aromatic N) is 1. The van der Waals surface area contributed by atoms with Gasteiger partial charge in [0.25, 0.3) is 11.8 Å². The highest BCUT2D eigenvalue weighted by Gasteiger charge is 2.41. The molecule has 1 fully saturated rings. The van der Waals surface area contributed by atoms with Crippen LogP contribution in [0.4, 0.5) is 0 Å². The number of hydrogen-bond acceptors (Lipinski definition) is 3. The quantitative estimate of drug-likeness (QED) is 0.572. The molecule has 0 aromatic rings. The van der Waals surface area contributed by atoms with Crippen molar-refractivity contribution in [3.63, 3.8) is 0 Å². The summed E-state index contributed by atoms with van der Waals surface area (Å²) in [5, 5.41) is 0. The van der Waals surface area contributed by atoms with Crippen LogP contribution in [-0.4, -0.2) is 35.5 Å². The van der Waals surface area contributed by atoms with Gasteiger partial charge >= 0.3 is 0 Å². The Bertz CT molecular complexity index is 284. The molecule has 2 heterocycles. The summed E-state index contributed by atoms with van der Waals surface area (Å²) in [7, 11) is 0. The third-order valence-electron chi connectivity index (χ3n) is 2.77. The van der Waals surface area contributed by atoms with Crippen LogP contribution in [-0.2, 0) is 14.3 Å². The van der Waals surface area contributed by atoms with Gasteiger partial charge in [-0.2, -0.15) is 0 Å². The molecule has 0 bridgehead atoms. The number of carbonyl (C=O) groups is 2. The van der Waals surface area contributed by atoms with E-state index in [2.05, 4.69) is 0 Å². The Hall–Kier alpha value is -1.16. The van der Waals surface area contributed by atoms with E-state index in [1.165, 1.54) is 17.1 Å². The van der Waals surface area contributed by atoms with Crippen molar-refractivity contribution in [2.45, 2.75) is 25.3 Å². The molecule has 76 valence electrons. The molecule has 14 heavy (non-hydrogen) atoms. The fourth-order valence-electron chi connectivity index (χ4n) is 2.03. The van der Waals surface area contributed by atoms with E-state index in [1.54, 1.807) is 0 Å². The van der Waals surface area contributed by atoms with Gasteiger partial charge in [-0.25, -0.2) is 0 Å². The van der Waals surface area contributed by atoms with E-state index >= 15 is 0 Å². The fraction of sp³-hybridized carbons (Fsp3) is 0.600. The van der Waals surface area contributed by atoms with E-state index in [9.17, 15) is 9.59 Å². The average molecular weight is 195 g/mol. The zero-order valence-electron chi connectivity index (χ0n) is 8.16. The smallest absolute Gasteiger partial charge is 0.254 e. The molecule has 1 atom stereocenters. The molecule has 1 saturated heterocycles. The van der Waals surface area contributed by atoms with Gasteiger partial charge in [0.2, 0.25) is 0 Å². The Morgan fingerprint density at radius 2 is 2.00 bits per heavy atom. The van der Waals surface area contributed by atoms with Gasteiger partial charge in [-0.1, -0.05) is 0 Å². The van der Waals surface area contributed by atoms with Gasteiger partial charge in [0.1, 0.15) is 0 Å². The summed E-state index contributed by atoms with van der Waals surface area (Å²) < 4.78 is 5.32. The average Bonchev–Trinajstić information content (AvgIpc) is 2.48. The highest BCUT2D eigenvalue weighted by Crippen LogP contribution is 2.28. The van der Waals surface area contributed by atoms with Crippen molar-refractivity contribution in [1.82, 2.24) is 4.90 Å². The molecular weight excluding hydrogens is 182 g/mol. The standard InChI is InChI=1S/C10H13NO3/c1-10(5-2-6-14-7-10)11-8(12)3-4-9(11)13/h3-4H,2,5-7H2,1H3. The predicted molar refractivity (Wildman–Crippen MR) is 49.5 cm³/mol. The summed E-state index contributed by atoms with van der Waals surface area (Å²) in [4.78, 5) is 24.2. The first-order chi connectivity index (χ1) is 6.63. The number of imide groups is 1. The molecule has 0 aromatic heterocycles. The van der Waals surface area contributed by atoms with Crippen molar-refractivity contribution in [2.75, 3.05) is 13.2 Å². The van der Waals surface area contributed by atoms with Crippen LogP contribution in [0.2, 0.25) is 0 Å². The van der Waals surface area contributed by atoms with Gasteiger partial charge in [-0.05, 0) is 19.8 Å².